The molecule has 0 radical (unpaired) electrons. The molecule has 162 valence electrons. The van der Waals surface area contributed by atoms with Crippen LogP contribution in [0.1, 0.15) is 53.8 Å². The third-order valence-corrected chi connectivity index (χ3v) is 6.88. The molecule has 2 fully saturated rings. The summed E-state index contributed by atoms with van der Waals surface area (Å²) in [7, 11) is 0. The van der Waals surface area contributed by atoms with Gasteiger partial charge < -0.3 is 9.80 Å². The molecule has 31 heavy (non-hydrogen) atoms. The highest BCUT2D eigenvalue weighted by atomic mass is 32.1. The number of aromatic nitrogens is 4. The number of rotatable bonds is 8. The summed E-state index contributed by atoms with van der Waals surface area (Å²) >= 11 is 1.69. The van der Waals surface area contributed by atoms with Crippen LogP contribution in [0.5, 0.6) is 0 Å². The molecule has 5 rings (SSSR count). The van der Waals surface area contributed by atoms with Crippen LogP contribution in [0.3, 0.4) is 0 Å². The quantitative estimate of drug-likeness (QED) is 0.537. The average molecular weight is 437 g/mol. The van der Waals surface area contributed by atoms with Gasteiger partial charge in [-0.25, -0.2) is 9.67 Å². The Morgan fingerprint density at radius 2 is 1.94 bits per heavy atom. The second-order valence-corrected chi connectivity index (χ2v) is 9.42. The Kier molecular flexibility index (Phi) is 5.97. The second kappa shape index (κ2) is 9.18. The van der Waals surface area contributed by atoms with Gasteiger partial charge in [0.05, 0.1) is 25.0 Å². The van der Waals surface area contributed by atoms with E-state index < -0.39 is 0 Å². The van der Waals surface area contributed by atoms with E-state index in [-0.39, 0.29) is 5.91 Å². The topological polar surface area (TPSA) is 67.2 Å². The first-order chi connectivity index (χ1) is 15.2. The highest BCUT2D eigenvalue weighted by molar-refractivity contribution is 7.13. The Labute approximate surface area is 186 Å². The minimum absolute atomic E-state index is 0.0567. The van der Waals surface area contributed by atoms with Gasteiger partial charge in [-0.05, 0) is 43.6 Å². The fourth-order valence-corrected chi connectivity index (χ4v) is 4.90. The fraction of sp³-hybridized carbons (Fsp3) is 0.478. The molecule has 1 saturated carbocycles. The predicted molar refractivity (Wildman–Crippen MR) is 121 cm³/mol. The number of amides is 1. The molecule has 7 nitrogen and oxygen atoms in total. The van der Waals surface area contributed by atoms with Gasteiger partial charge in [-0.1, -0.05) is 35.5 Å². The Morgan fingerprint density at radius 1 is 1.13 bits per heavy atom. The SMILES string of the molecule is O=C(c1cn(Cc2ccccc2)nn1)N(Cc1csc(N2CCCCC2)n1)CC1CC1. The zero-order chi connectivity index (χ0) is 21.0. The van der Waals surface area contributed by atoms with E-state index in [0.717, 1.165) is 36.0 Å². The van der Waals surface area contributed by atoms with Gasteiger partial charge in [0.2, 0.25) is 0 Å². The van der Waals surface area contributed by atoms with Crippen LogP contribution < -0.4 is 4.90 Å². The molecule has 1 amide bonds. The Balaban J connectivity index is 1.27. The molecule has 8 heteroatoms. The van der Waals surface area contributed by atoms with Crippen LogP contribution in [-0.4, -0.2) is 50.4 Å². The van der Waals surface area contributed by atoms with Crippen molar-refractivity contribution < 1.29 is 4.79 Å². The number of carbonyl (C=O) groups is 1. The van der Waals surface area contributed by atoms with Crippen LogP contribution in [0.2, 0.25) is 0 Å². The number of piperidine rings is 1. The van der Waals surface area contributed by atoms with Gasteiger partial charge in [-0.15, -0.1) is 16.4 Å². The van der Waals surface area contributed by atoms with E-state index in [4.69, 9.17) is 4.98 Å². The number of hydrogen-bond acceptors (Lipinski definition) is 6. The lowest BCUT2D eigenvalue weighted by atomic mass is 10.1. The van der Waals surface area contributed by atoms with Crippen molar-refractivity contribution in [3.63, 3.8) is 0 Å². The molecular weight excluding hydrogens is 408 g/mol. The molecule has 3 aromatic rings. The van der Waals surface area contributed by atoms with Gasteiger partial charge >= 0.3 is 0 Å². The number of benzene rings is 1. The summed E-state index contributed by atoms with van der Waals surface area (Å²) < 4.78 is 1.73. The molecule has 1 saturated heterocycles. The maximum atomic E-state index is 13.3. The maximum Gasteiger partial charge on any atom is 0.276 e. The van der Waals surface area contributed by atoms with Crippen molar-refractivity contribution in [3.05, 3.63) is 58.9 Å². The van der Waals surface area contributed by atoms with Crippen molar-refractivity contribution in [1.82, 2.24) is 24.9 Å². The first-order valence-corrected chi connectivity index (χ1v) is 12.1. The Bertz CT molecular complexity index is 1010. The highest BCUT2D eigenvalue weighted by Gasteiger charge is 2.29. The van der Waals surface area contributed by atoms with Crippen LogP contribution in [0.4, 0.5) is 5.13 Å². The third-order valence-electron chi connectivity index (χ3n) is 5.93. The highest BCUT2D eigenvalue weighted by Crippen LogP contribution is 2.31. The molecule has 1 aliphatic carbocycles. The number of anilines is 1. The lowest BCUT2D eigenvalue weighted by Gasteiger charge is -2.26. The summed E-state index contributed by atoms with van der Waals surface area (Å²) in [6.07, 6.45) is 7.93. The standard InChI is InChI=1S/C23H28N6OS/c30-22(21-16-29(26-25-21)14-18-7-3-1-4-8-18)28(13-19-9-10-19)15-20-17-31-23(24-20)27-11-5-2-6-12-27/h1,3-4,7-8,16-17,19H,2,5-6,9-15H2. The largest absolute Gasteiger partial charge is 0.348 e. The first-order valence-electron chi connectivity index (χ1n) is 11.2. The van der Waals surface area contributed by atoms with E-state index in [9.17, 15) is 4.79 Å². The lowest BCUT2D eigenvalue weighted by molar-refractivity contribution is 0.0727. The minimum atomic E-state index is -0.0567. The van der Waals surface area contributed by atoms with E-state index in [1.54, 1.807) is 22.2 Å². The smallest absolute Gasteiger partial charge is 0.276 e. The van der Waals surface area contributed by atoms with E-state index in [1.807, 2.05) is 35.2 Å². The molecule has 0 unspecified atom stereocenters. The van der Waals surface area contributed by atoms with Crippen LogP contribution >= 0.6 is 11.3 Å². The van der Waals surface area contributed by atoms with E-state index >= 15 is 0 Å². The number of nitrogens with zero attached hydrogens (tertiary/aromatic N) is 6. The molecule has 2 aliphatic rings. The second-order valence-electron chi connectivity index (χ2n) is 8.59. The number of thiazole rings is 1. The first kappa shape index (κ1) is 20.2. The number of carbonyl (C=O) groups excluding carboxylic acids is 1. The van der Waals surface area contributed by atoms with Crippen molar-refractivity contribution in [3.8, 4) is 0 Å². The van der Waals surface area contributed by atoms with E-state index in [0.29, 0.717) is 24.7 Å². The Morgan fingerprint density at radius 3 is 2.71 bits per heavy atom. The van der Waals surface area contributed by atoms with Gasteiger partial charge in [0.1, 0.15) is 0 Å². The maximum absolute atomic E-state index is 13.3. The normalized spacial score (nSPS) is 16.5. The average Bonchev–Trinajstić information content (AvgIpc) is 3.30. The molecule has 1 aliphatic heterocycles. The summed E-state index contributed by atoms with van der Waals surface area (Å²) in [6.45, 7) is 4.07. The van der Waals surface area contributed by atoms with E-state index in [2.05, 4.69) is 20.6 Å². The summed E-state index contributed by atoms with van der Waals surface area (Å²) in [4.78, 5) is 22.4. The van der Waals surface area contributed by atoms with Crippen LogP contribution in [-0.2, 0) is 13.1 Å². The lowest BCUT2D eigenvalue weighted by Crippen LogP contribution is -2.33. The summed E-state index contributed by atoms with van der Waals surface area (Å²) in [5.74, 6) is 0.544. The van der Waals surface area contributed by atoms with E-state index in [1.165, 1.54) is 32.1 Å². The molecule has 0 spiro atoms. The molecule has 0 bridgehead atoms. The van der Waals surface area contributed by atoms with Crippen molar-refractivity contribution in [2.75, 3.05) is 24.5 Å². The van der Waals surface area contributed by atoms with Crippen molar-refractivity contribution >= 4 is 22.4 Å². The zero-order valence-corrected chi connectivity index (χ0v) is 18.5. The number of hydrogen-bond donors (Lipinski definition) is 0. The molecule has 2 aromatic heterocycles. The molecule has 1 aromatic carbocycles. The zero-order valence-electron chi connectivity index (χ0n) is 17.7. The van der Waals surface area contributed by atoms with Gasteiger partial charge in [0, 0.05) is 25.0 Å². The summed E-state index contributed by atoms with van der Waals surface area (Å²) in [5, 5.41) is 11.5. The van der Waals surface area contributed by atoms with Crippen molar-refractivity contribution in [2.45, 2.75) is 45.2 Å². The minimum Gasteiger partial charge on any atom is -0.348 e. The molecular formula is C23H28N6OS. The summed E-state index contributed by atoms with van der Waals surface area (Å²) in [5.41, 5.74) is 2.51. The van der Waals surface area contributed by atoms with Crippen molar-refractivity contribution in [2.24, 2.45) is 5.92 Å². The third kappa shape index (κ3) is 5.12. The van der Waals surface area contributed by atoms with Crippen LogP contribution in [0, 0.1) is 5.92 Å². The van der Waals surface area contributed by atoms with Crippen molar-refractivity contribution in [1.29, 1.82) is 0 Å². The summed E-state index contributed by atoms with van der Waals surface area (Å²) in [6, 6.07) is 10.1. The molecule has 3 heterocycles. The fourth-order valence-electron chi connectivity index (χ4n) is 4.03. The van der Waals surface area contributed by atoms with Crippen LogP contribution in [0.25, 0.3) is 0 Å². The van der Waals surface area contributed by atoms with Crippen LogP contribution in [0.15, 0.2) is 41.9 Å². The predicted octanol–water partition coefficient (Wildman–Crippen LogP) is 3.83. The van der Waals surface area contributed by atoms with Gasteiger partial charge in [0.25, 0.3) is 5.91 Å². The van der Waals surface area contributed by atoms with Gasteiger partial charge in [-0.2, -0.15) is 0 Å². The molecule has 0 atom stereocenters. The van der Waals surface area contributed by atoms with Gasteiger partial charge in [-0.3, -0.25) is 4.79 Å². The van der Waals surface area contributed by atoms with Gasteiger partial charge in [0.15, 0.2) is 10.8 Å². The monoisotopic (exact) mass is 436 g/mol. The molecule has 0 N–H and O–H groups in total. The Hall–Kier alpha value is -2.74.